The van der Waals surface area contributed by atoms with E-state index in [-0.39, 0.29) is 30.4 Å². The van der Waals surface area contributed by atoms with Gasteiger partial charge in [-0.2, -0.15) is 0 Å². The van der Waals surface area contributed by atoms with Crippen LogP contribution in [0.3, 0.4) is 0 Å². The average Bonchev–Trinajstić information content (AvgIpc) is 3.16. The molecule has 6 nitrogen and oxygen atoms in total. The van der Waals surface area contributed by atoms with Gasteiger partial charge >= 0.3 is 0 Å². The van der Waals surface area contributed by atoms with Crippen LogP contribution >= 0.6 is 0 Å². The molecule has 27 heavy (non-hydrogen) atoms. The number of likely N-dealkylation sites (tertiary alicyclic amines) is 1. The Morgan fingerprint density at radius 2 is 1.81 bits per heavy atom. The van der Waals surface area contributed by atoms with Gasteiger partial charge in [0.05, 0.1) is 24.3 Å². The van der Waals surface area contributed by atoms with Gasteiger partial charge in [-0.15, -0.1) is 0 Å². The molecule has 2 atom stereocenters. The maximum Gasteiger partial charge on any atom is 0.241 e. The quantitative estimate of drug-likeness (QED) is 0.900. The lowest BCUT2D eigenvalue weighted by Gasteiger charge is -2.38. The molecule has 0 radical (unpaired) electrons. The second-order valence-corrected chi connectivity index (χ2v) is 7.00. The molecule has 6 heteroatoms. The van der Waals surface area contributed by atoms with E-state index in [1.165, 1.54) is 0 Å². The molecule has 2 aromatic rings. The van der Waals surface area contributed by atoms with Crippen molar-refractivity contribution in [2.75, 3.05) is 24.6 Å². The van der Waals surface area contributed by atoms with E-state index in [0.717, 1.165) is 17.7 Å². The van der Waals surface area contributed by atoms with Gasteiger partial charge in [-0.3, -0.25) is 19.4 Å². The molecule has 2 aromatic carbocycles. The number of carbonyl (C=O) groups excluding carboxylic acids is 2. The minimum Gasteiger partial charge on any atom is -0.489 e. The van der Waals surface area contributed by atoms with Crippen molar-refractivity contribution in [2.24, 2.45) is 5.73 Å². The second kappa shape index (κ2) is 7.40. The van der Waals surface area contributed by atoms with E-state index in [1.807, 2.05) is 64.4 Å². The van der Waals surface area contributed by atoms with Crippen LogP contribution < -0.4 is 15.4 Å². The fraction of sp³-hybridized carbons (Fsp3) is 0.333. The molecule has 2 N–H and O–H groups in total. The van der Waals surface area contributed by atoms with Crippen molar-refractivity contribution in [1.82, 2.24) is 4.90 Å². The number of nitrogens with two attached hydrogens (primary N) is 1. The van der Waals surface area contributed by atoms with Crippen molar-refractivity contribution >= 4 is 17.5 Å². The summed E-state index contributed by atoms with van der Waals surface area (Å²) in [5.41, 5.74) is 7.29. The number of amides is 2. The van der Waals surface area contributed by atoms with Gasteiger partial charge in [0, 0.05) is 0 Å². The molecule has 0 spiro atoms. The zero-order chi connectivity index (χ0) is 18.8. The van der Waals surface area contributed by atoms with Gasteiger partial charge in [0.1, 0.15) is 12.4 Å². The number of carbonyl (C=O) groups is 2. The van der Waals surface area contributed by atoms with Crippen LogP contribution in [0, 0.1) is 0 Å². The lowest BCUT2D eigenvalue weighted by atomic mass is 10.0. The molecule has 0 aromatic heterocycles. The maximum atomic E-state index is 13.3. The third-order valence-electron chi connectivity index (χ3n) is 5.32. The Morgan fingerprint density at radius 1 is 1.07 bits per heavy atom. The van der Waals surface area contributed by atoms with Crippen molar-refractivity contribution in [1.29, 1.82) is 0 Å². The predicted octanol–water partition coefficient (Wildman–Crippen LogP) is 2.10. The molecule has 2 heterocycles. The number of anilines is 1. The Kier molecular flexibility index (Phi) is 4.81. The van der Waals surface area contributed by atoms with E-state index in [2.05, 4.69) is 0 Å². The predicted molar refractivity (Wildman–Crippen MR) is 102 cm³/mol. The Labute approximate surface area is 158 Å². The Morgan fingerprint density at radius 3 is 2.59 bits per heavy atom. The Balaban J connectivity index is 1.65. The van der Waals surface area contributed by atoms with Crippen molar-refractivity contribution < 1.29 is 14.3 Å². The standard InChI is InChI=1S/C21H23N3O3/c22-21(26)17-10-6-12-23(17)13-20(25)24-16-9-4-5-11-19(16)27-14-18(24)15-7-2-1-3-8-15/h1-5,7-9,11,17-18H,6,10,12-14H2,(H2,22,26)/t17-,18+/m1/s1. The summed E-state index contributed by atoms with van der Waals surface area (Å²) in [7, 11) is 0. The van der Waals surface area contributed by atoms with Gasteiger partial charge < -0.3 is 10.5 Å². The van der Waals surface area contributed by atoms with Crippen LogP contribution in [0.25, 0.3) is 0 Å². The van der Waals surface area contributed by atoms with Crippen LogP contribution in [0.2, 0.25) is 0 Å². The molecule has 2 aliphatic rings. The van der Waals surface area contributed by atoms with E-state index in [0.29, 0.717) is 25.3 Å². The van der Waals surface area contributed by atoms with E-state index in [1.54, 1.807) is 0 Å². The minimum absolute atomic E-state index is 0.0484. The maximum absolute atomic E-state index is 13.3. The largest absolute Gasteiger partial charge is 0.489 e. The van der Waals surface area contributed by atoms with E-state index < -0.39 is 0 Å². The normalized spacial score (nSPS) is 22.1. The fourth-order valence-corrected chi connectivity index (χ4v) is 4.01. The van der Waals surface area contributed by atoms with Gasteiger partial charge in [0.25, 0.3) is 0 Å². The zero-order valence-electron chi connectivity index (χ0n) is 15.1. The van der Waals surface area contributed by atoms with Crippen LogP contribution in [-0.2, 0) is 9.59 Å². The lowest BCUT2D eigenvalue weighted by molar-refractivity contribution is -0.124. The summed E-state index contributed by atoms with van der Waals surface area (Å²) < 4.78 is 5.92. The highest BCUT2D eigenvalue weighted by atomic mass is 16.5. The van der Waals surface area contributed by atoms with Gasteiger partial charge in [-0.05, 0) is 37.1 Å². The van der Waals surface area contributed by atoms with Crippen molar-refractivity contribution in [2.45, 2.75) is 24.9 Å². The first kappa shape index (κ1) is 17.5. The van der Waals surface area contributed by atoms with E-state index in [4.69, 9.17) is 10.5 Å². The monoisotopic (exact) mass is 365 g/mol. The highest BCUT2D eigenvalue weighted by Crippen LogP contribution is 2.39. The number of hydrogen-bond acceptors (Lipinski definition) is 4. The average molecular weight is 365 g/mol. The summed E-state index contributed by atoms with van der Waals surface area (Å²) in [5, 5.41) is 0. The fourth-order valence-electron chi connectivity index (χ4n) is 4.01. The topological polar surface area (TPSA) is 75.9 Å². The number of rotatable bonds is 4. The summed E-state index contributed by atoms with van der Waals surface area (Å²) in [6.07, 6.45) is 1.59. The molecule has 0 saturated carbocycles. The van der Waals surface area contributed by atoms with Crippen LogP contribution in [0.5, 0.6) is 5.75 Å². The Hall–Kier alpha value is -2.86. The van der Waals surface area contributed by atoms with Crippen LogP contribution in [0.15, 0.2) is 54.6 Å². The van der Waals surface area contributed by atoms with E-state index in [9.17, 15) is 9.59 Å². The number of para-hydroxylation sites is 2. The molecule has 140 valence electrons. The number of benzene rings is 2. The summed E-state index contributed by atoms with van der Waals surface area (Å²) in [6.45, 7) is 1.28. The summed E-state index contributed by atoms with van der Waals surface area (Å²) >= 11 is 0. The zero-order valence-corrected chi connectivity index (χ0v) is 15.1. The number of primary amides is 1. The summed E-state index contributed by atoms with van der Waals surface area (Å²) in [4.78, 5) is 28.7. The highest BCUT2D eigenvalue weighted by molar-refractivity contribution is 5.98. The highest BCUT2D eigenvalue weighted by Gasteiger charge is 2.36. The van der Waals surface area contributed by atoms with Gasteiger partial charge in [-0.1, -0.05) is 42.5 Å². The third-order valence-corrected chi connectivity index (χ3v) is 5.32. The third kappa shape index (κ3) is 3.40. The molecule has 4 rings (SSSR count). The van der Waals surface area contributed by atoms with Crippen molar-refractivity contribution in [3.63, 3.8) is 0 Å². The molecular formula is C21H23N3O3. The molecule has 1 saturated heterocycles. The van der Waals surface area contributed by atoms with Gasteiger partial charge in [0.2, 0.25) is 11.8 Å². The lowest BCUT2D eigenvalue weighted by Crippen LogP contribution is -2.49. The second-order valence-electron chi connectivity index (χ2n) is 7.00. The molecule has 0 unspecified atom stereocenters. The van der Waals surface area contributed by atoms with Gasteiger partial charge in [0.15, 0.2) is 0 Å². The van der Waals surface area contributed by atoms with Gasteiger partial charge in [-0.25, -0.2) is 0 Å². The summed E-state index contributed by atoms with van der Waals surface area (Å²) in [5.74, 6) is 0.293. The molecule has 0 bridgehead atoms. The first-order chi connectivity index (χ1) is 13.1. The first-order valence-electron chi connectivity index (χ1n) is 9.27. The number of hydrogen-bond donors (Lipinski definition) is 1. The Bertz CT molecular complexity index is 840. The van der Waals surface area contributed by atoms with Crippen molar-refractivity contribution in [3.05, 3.63) is 60.2 Å². The SMILES string of the molecule is NC(=O)[C@H]1CCCN1CC(=O)N1c2ccccc2OC[C@H]1c1ccccc1. The van der Waals surface area contributed by atoms with Crippen LogP contribution in [-0.4, -0.2) is 42.5 Å². The molecule has 1 fully saturated rings. The number of nitrogens with zero attached hydrogens (tertiary/aromatic N) is 2. The van der Waals surface area contributed by atoms with E-state index >= 15 is 0 Å². The van der Waals surface area contributed by atoms with Crippen LogP contribution in [0.1, 0.15) is 24.4 Å². The van der Waals surface area contributed by atoms with Crippen LogP contribution in [0.4, 0.5) is 5.69 Å². The molecule has 2 amide bonds. The summed E-state index contributed by atoms with van der Waals surface area (Å²) in [6, 6.07) is 16.9. The molecule has 2 aliphatic heterocycles. The number of fused-ring (bicyclic) bond motifs is 1. The molecule has 0 aliphatic carbocycles. The van der Waals surface area contributed by atoms with Crippen molar-refractivity contribution in [3.8, 4) is 5.75 Å². The number of ether oxygens (including phenoxy) is 1. The first-order valence-corrected chi connectivity index (χ1v) is 9.27. The smallest absolute Gasteiger partial charge is 0.241 e. The minimum atomic E-state index is -0.361. The molecular weight excluding hydrogens is 342 g/mol.